The van der Waals surface area contributed by atoms with Crippen molar-refractivity contribution in [3.05, 3.63) is 168 Å². The van der Waals surface area contributed by atoms with Gasteiger partial charge in [0.2, 0.25) is 10.0 Å². The smallest absolute Gasteiger partial charge is 0.243 e. The lowest BCUT2D eigenvalue weighted by Gasteiger charge is -2.36. The molecule has 3 aromatic heterocycles. The molecular formula is C40H35N5O2S. The lowest BCUT2D eigenvalue weighted by atomic mass is 9.77. The van der Waals surface area contributed by atoms with Gasteiger partial charge in [-0.1, -0.05) is 103 Å². The monoisotopic (exact) mass is 649 g/mol. The van der Waals surface area contributed by atoms with Crippen molar-refractivity contribution in [1.82, 2.24) is 23.5 Å². The first-order valence-corrected chi connectivity index (χ1v) is 17.7. The molecule has 1 saturated heterocycles. The molecule has 48 heavy (non-hydrogen) atoms. The number of sulfonamides is 1. The van der Waals surface area contributed by atoms with E-state index in [0.717, 1.165) is 63.3 Å². The molecule has 0 N–H and O–H groups in total. The first kappa shape index (κ1) is 30.1. The van der Waals surface area contributed by atoms with Gasteiger partial charge in [-0.05, 0) is 60.7 Å². The Morgan fingerprint density at radius 3 is 1.75 bits per heavy atom. The number of imidazole rings is 1. The zero-order valence-corrected chi connectivity index (χ0v) is 27.5. The minimum absolute atomic E-state index is 0.324. The molecule has 8 rings (SSSR count). The van der Waals surface area contributed by atoms with Crippen LogP contribution in [0.4, 0.5) is 0 Å². The van der Waals surface area contributed by atoms with Crippen molar-refractivity contribution in [2.24, 2.45) is 0 Å². The van der Waals surface area contributed by atoms with E-state index in [9.17, 15) is 8.42 Å². The number of fused-ring (bicyclic) bond motifs is 1. The molecule has 7 aromatic rings. The minimum Gasteiger partial charge on any atom is -0.299 e. The van der Waals surface area contributed by atoms with Crippen molar-refractivity contribution in [2.75, 3.05) is 13.1 Å². The molecule has 1 fully saturated rings. The molecule has 0 saturated carbocycles. The second kappa shape index (κ2) is 12.0. The maximum Gasteiger partial charge on any atom is 0.243 e. The lowest BCUT2D eigenvalue weighted by molar-refractivity contribution is 0.458. The average molecular weight is 650 g/mol. The third-order valence-electron chi connectivity index (χ3n) is 9.49. The minimum atomic E-state index is -3.48. The van der Waals surface area contributed by atoms with E-state index < -0.39 is 15.6 Å². The van der Waals surface area contributed by atoms with Crippen LogP contribution in [0.25, 0.3) is 28.0 Å². The summed E-state index contributed by atoms with van der Waals surface area (Å²) in [6.07, 6.45) is 7.90. The van der Waals surface area contributed by atoms with E-state index in [0.29, 0.717) is 18.0 Å². The van der Waals surface area contributed by atoms with Gasteiger partial charge in [0.05, 0.1) is 22.5 Å². The van der Waals surface area contributed by atoms with Crippen LogP contribution < -0.4 is 0 Å². The van der Waals surface area contributed by atoms with Crippen LogP contribution >= 0.6 is 0 Å². The van der Waals surface area contributed by atoms with Gasteiger partial charge in [0.25, 0.3) is 0 Å². The first-order valence-electron chi connectivity index (χ1n) is 16.3. The normalized spacial score (nSPS) is 14.1. The molecule has 0 unspecified atom stereocenters. The fraction of sp³-hybridized carbons (Fsp3) is 0.150. The maximum atomic E-state index is 13.1. The summed E-state index contributed by atoms with van der Waals surface area (Å²) >= 11 is 0. The Hall–Kier alpha value is -5.31. The largest absolute Gasteiger partial charge is 0.299 e. The number of hydrogen-bond donors (Lipinski definition) is 0. The molecule has 7 nitrogen and oxygen atoms in total. The fourth-order valence-electron chi connectivity index (χ4n) is 7.08. The topological polar surface area (TPSA) is 72.5 Å². The molecule has 4 aromatic carbocycles. The highest BCUT2D eigenvalue weighted by molar-refractivity contribution is 7.89. The predicted octanol–water partition coefficient (Wildman–Crippen LogP) is 7.80. The van der Waals surface area contributed by atoms with Crippen molar-refractivity contribution >= 4 is 15.7 Å². The van der Waals surface area contributed by atoms with Gasteiger partial charge in [0, 0.05) is 42.2 Å². The van der Waals surface area contributed by atoms with Crippen LogP contribution in [-0.4, -0.2) is 45.0 Å². The van der Waals surface area contributed by atoms with E-state index in [2.05, 4.69) is 112 Å². The highest BCUT2D eigenvalue weighted by Crippen LogP contribution is 2.42. The fourth-order valence-corrected chi connectivity index (χ4v) is 8.60. The first-order chi connectivity index (χ1) is 23.5. The molecular weight excluding hydrogens is 615 g/mol. The highest BCUT2D eigenvalue weighted by atomic mass is 32.2. The third-order valence-corrected chi connectivity index (χ3v) is 11.4. The summed E-state index contributed by atoms with van der Waals surface area (Å²) in [7, 11) is -3.48. The molecule has 0 amide bonds. The van der Waals surface area contributed by atoms with Gasteiger partial charge in [-0.15, -0.1) is 0 Å². The quantitative estimate of drug-likeness (QED) is 0.158. The van der Waals surface area contributed by atoms with Gasteiger partial charge in [-0.25, -0.2) is 13.4 Å². The van der Waals surface area contributed by atoms with Crippen LogP contribution in [0.2, 0.25) is 0 Å². The Labute approximate surface area is 280 Å². The standard InChI is InChI=1S/C40H35N5O2S/c1-30-37(29-45(42-30)40(33-13-5-2-6-14-33,34-15-7-3-8-16-34)35-17-9-4-10-18-35)32-21-24-39-41-27-38(44(39)28-32)31-19-22-36(23-20-31)48(46,47)43-25-11-12-26-43/h2-10,13-24,27-29H,11-12,25-26H2,1H3. The second-order valence-electron chi connectivity index (χ2n) is 12.3. The molecule has 4 heterocycles. The third kappa shape index (κ3) is 4.96. The molecule has 1 aliphatic heterocycles. The summed E-state index contributed by atoms with van der Waals surface area (Å²) in [6, 6.07) is 42.9. The zero-order valence-electron chi connectivity index (χ0n) is 26.6. The van der Waals surface area contributed by atoms with Crippen molar-refractivity contribution in [1.29, 1.82) is 0 Å². The summed E-state index contributed by atoms with van der Waals surface area (Å²) in [5.74, 6) is 0. The second-order valence-corrected chi connectivity index (χ2v) is 14.2. The van der Waals surface area contributed by atoms with Crippen molar-refractivity contribution in [3.8, 4) is 22.4 Å². The van der Waals surface area contributed by atoms with E-state index in [1.807, 2.05) is 42.6 Å². The zero-order chi connectivity index (χ0) is 32.7. The Bertz CT molecular complexity index is 2210. The van der Waals surface area contributed by atoms with Gasteiger partial charge in [0.15, 0.2) is 0 Å². The molecule has 0 aliphatic carbocycles. The van der Waals surface area contributed by atoms with Gasteiger partial charge in [-0.2, -0.15) is 9.40 Å². The maximum absolute atomic E-state index is 13.1. The Kier molecular flexibility index (Phi) is 7.54. The van der Waals surface area contributed by atoms with Crippen LogP contribution in [0.3, 0.4) is 0 Å². The summed E-state index contributed by atoms with van der Waals surface area (Å²) in [6.45, 7) is 3.22. The molecule has 0 atom stereocenters. The summed E-state index contributed by atoms with van der Waals surface area (Å²) in [4.78, 5) is 4.99. The number of aryl methyl sites for hydroxylation is 1. The van der Waals surface area contributed by atoms with Gasteiger partial charge in [-0.3, -0.25) is 9.08 Å². The molecule has 238 valence electrons. The predicted molar refractivity (Wildman–Crippen MR) is 189 cm³/mol. The van der Waals surface area contributed by atoms with E-state index >= 15 is 0 Å². The molecule has 0 bridgehead atoms. The van der Waals surface area contributed by atoms with Crippen molar-refractivity contribution < 1.29 is 8.42 Å². The van der Waals surface area contributed by atoms with Crippen LogP contribution in [0.15, 0.2) is 151 Å². The van der Waals surface area contributed by atoms with E-state index in [4.69, 9.17) is 5.10 Å². The van der Waals surface area contributed by atoms with E-state index in [1.54, 1.807) is 16.4 Å². The van der Waals surface area contributed by atoms with Crippen LogP contribution in [-0.2, 0) is 15.6 Å². The summed E-state index contributed by atoms with van der Waals surface area (Å²) in [5, 5.41) is 5.23. The molecule has 8 heteroatoms. The number of rotatable bonds is 8. The Morgan fingerprint density at radius 2 is 1.19 bits per heavy atom. The van der Waals surface area contributed by atoms with E-state index in [1.165, 1.54) is 0 Å². The Balaban J connectivity index is 1.24. The summed E-state index contributed by atoms with van der Waals surface area (Å²) < 4.78 is 32.0. The van der Waals surface area contributed by atoms with Gasteiger partial charge >= 0.3 is 0 Å². The number of pyridine rings is 1. The molecule has 1 aliphatic rings. The van der Waals surface area contributed by atoms with Crippen molar-refractivity contribution in [3.63, 3.8) is 0 Å². The molecule has 0 spiro atoms. The van der Waals surface area contributed by atoms with Crippen molar-refractivity contribution in [2.45, 2.75) is 30.2 Å². The average Bonchev–Trinajstić information content (AvgIpc) is 3.91. The number of nitrogens with zero attached hydrogens (tertiary/aromatic N) is 5. The number of aromatic nitrogens is 4. The van der Waals surface area contributed by atoms with Crippen LogP contribution in [0, 0.1) is 6.92 Å². The summed E-state index contributed by atoms with van der Waals surface area (Å²) in [5.41, 5.74) is 8.11. The lowest BCUT2D eigenvalue weighted by Crippen LogP contribution is -2.38. The number of hydrogen-bond acceptors (Lipinski definition) is 4. The highest BCUT2D eigenvalue weighted by Gasteiger charge is 2.39. The Morgan fingerprint density at radius 1 is 0.646 bits per heavy atom. The van der Waals surface area contributed by atoms with Crippen LogP contribution in [0.5, 0.6) is 0 Å². The van der Waals surface area contributed by atoms with Crippen LogP contribution in [0.1, 0.15) is 35.2 Å². The van der Waals surface area contributed by atoms with Gasteiger partial charge in [0.1, 0.15) is 11.2 Å². The van der Waals surface area contributed by atoms with E-state index in [-0.39, 0.29) is 0 Å². The number of benzene rings is 4. The molecule has 0 radical (unpaired) electrons. The SMILES string of the molecule is Cc1nn(C(c2ccccc2)(c2ccccc2)c2ccccc2)cc1-c1ccc2ncc(-c3ccc(S(=O)(=O)N4CCCC4)cc3)n2c1. The van der Waals surface area contributed by atoms with Gasteiger partial charge < -0.3 is 0 Å².